The van der Waals surface area contributed by atoms with Crippen molar-refractivity contribution in [3.05, 3.63) is 84.1 Å². The van der Waals surface area contributed by atoms with Gasteiger partial charge in [0.1, 0.15) is 11.6 Å². The van der Waals surface area contributed by atoms with Gasteiger partial charge in [-0.05, 0) is 53.6 Å². The van der Waals surface area contributed by atoms with Crippen molar-refractivity contribution >= 4 is 34.1 Å². The number of carbonyl (C=O) groups is 1. The maximum Gasteiger partial charge on any atom is 0.251 e. The van der Waals surface area contributed by atoms with Crippen LogP contribution in [0.1, 0.15) is 15.9 Å². The summed E-state index contributed by atoms with van der Waals surface area (Å²) in [6.07, 6.45) is 1.74. The van der Waals surface area contributed by atoms with Crippen LogP contribution in [0.15, 0.2) is 72.9 Å². The maximum absolute atomic E-state index is 12.5. The second-order valence-electron chi connectivity index (χ2n) is 6.86. The monoisotopic (exact) mass is 398 g/mol. The molecule has 0 spiro atoms. The van der Waals surface area contributed by atoms with Gasteiger partial charge >= 0.3 is 0 Å². The van der Waals surface area contributed by atoms with Crippen LogP contribution in [0, 0.1) is 6.92 Å². The molecule has 0 saturated heterocycles. The lowest BCUT2D eigenvalue weighted by atomic mass is 10.0. The Morgan fingerprint density at radius 2 is 1.67 bits per heavy atom. The van der Waals surface area contributed by atoms with E-state index in [4.69, 9.17) is 0 Å². The molecule has 2 aromatic carbocycles. The molecule has 0 bridgehead atoms. The number of hydrogen-bond acceptors (Lipinski definition) is 6. The quantitative estimate of drug-likeness (QED) is 0.409. The SMILES string of the molecule is Cc1ccnc(Nc2ccc(NCCNC(=O)c3cccc4ccccc34)nn2)c1. The molecule has 4 rings (SSSR count). The van der Waals surface area contributed by atoms with Gasteiger partial charge in [-0.2, -0.15) is 0 Å². The van der Waals surface area contributed by atoms with E-state index < -0.39 is 0 Å². The van der Waals surface area contributed by atoms with E-state index >= 15 is 0 Å². The highest BCUT2D eigenvalue weighted by Gasteiger charge is 2.08. The first kappa shape index (κ1) is 19.3. The Kier molecular flexibility index (Phi) is 5.80. The van der Waals surface area contributed by atoms with Gasteiger partial charge in [-0.15, -0.1) is 10.2 Å². The van der Waals surface area contributed by atoms with Crippen LogP contribution in [-0.4, -0.2) is 34.2 Å². The normalized spacial score (nSPS) is 10.6. The number of amides is 1. The third-order valence-electron chi connectivity index (χ3n) is 4.59. The average Bonchev–Trinajstić information content (AvgIpc) is 2.77. The van der Waals surface area contributed by atoms with Gasteiger partial charge < -0.3 is 16.0 Å². The van der Waals surface area contributed by atoms with Crippen LogP contribution in [0.3, 0.4) is 0 Å². The van der Waals surface area contributed by atoms with Crippen molar-refractivity contribution < 1.29 is 4.79 Å². The molecular weight excluding hydrogens is 376 g/mol. The summed E-state index contributed by atoms with van der Waals surface area (Å²) in [7, 11) is 0. The number of rotatable bonds is 7. The van der Waals surface area contributed by atoms with E-state index in [9.17, 15) is 4.79 Å². The first-order chi connectivity index (χ1) is 14.7. The number of hydrogen-bond donors (Lipinski definition) is 3. The van der Waals surface area contributed by atoms with E-state index in [0.717, 1.165) is 22.2 Å². The number of nitrogens with zero attached hydrogens (tertiary/aromatic N) is 3. The fourth-order valence-corrected chi connectivity index (χ4v) is 3.11. The minimum atomic E-state index is -0.0927. The van der Waals surface area contributed by atoms with Crippen molar-refractivity contribution in [1.82, 2.24) is 20.5 Å². The summed E-state index contributed by atoms with van der Waals surface area (Å²) in [6.45, 7) is 3.01. The standard InChI is InChI=1S/C23H22N6O/c1-16-11-12-24-22(15-16)27-21-10-9-20(28-29-21)25-13-14-26-23(30)19-8-4-6-17-5-2-3-7-18(17)19/h2-12,15H,13-14H2,1H3,(H,25,28)(H,26,30)(H,24,27,29). The average molecular weight is 398 g/mol. The van der Waals surface area contributed by atoms with Crippen LogP contribution in [0.2, 0.25) is 0 Å². The first-order valence-electron chi connectivity index (χ1n) is 9.72. The van der Waals surface area contributed by atoms with Crippen LogP contribution < -0.4 is 16.0 Å². The molecule has 2 aromatic heterocycles. The summed E-state index contributed by atoms with van der Waals surface area (Å²) in [6, 6.07) is 21.1. The Labute approximate surface area is 174 Å². The Morgan fingerprint density at radius 1 is 0.867 bits per heavy atom. The van der Waals surface area contributed by atoms with Crippen molar-refractivity contribution in [3.63, 3.8) is 0 Å². The van der Waals surface area contributed by atoms with Crippen molar-refractivity contribution in [3.8, 4) is 0 Å². The molecule has 1 amide bonds. The zero-order valence-corrected chi connectivity index (χ0v) is 16.6. The molecule has 0 saturated carbocycles. The van der Waals surface area contributed by atoms with Gasteiger partial charge in [-0.25, -0.2) is 4.98 Å². The lowest BCUT2D eigenvalue weighted by molar-refractivity contribution is 0.0957. The van der Waals surface area contributed by atoms with E-state index in [1.54, 1.807) is 6.20 Å². The minimum absolute atomic E-state index is 0.0927. The minimum Gasteiger partial charge on any atom is -0.367 e. The van der Waals surface area contributed by atoms with Gasteiger partial charge in [0.2, 0.25) is 0 Å². The first-order valence-corrected chi connectivity index (χ1v) is 9.72. The van der Waals surface area contributed by atoms with Gasteiger partial charge in [-0.3, -0.25) is 4.79 Å². The van der Waals surface area contributed by atoms with Gasteiger partial charge in [0.15, 0.2) is 5.82 Å². The molecule has 0 aliphatic heterocycles. The number of aryl methyl sites for hydroxylation is 1. The van der Waals surface area contributed by atoms with Crippen molar-refractivity contribution in [2.75, 3.05) is 23.7 Å². The van der Waals surface area contributed by atoms with E-state index in [0.29, 0.717) is 30.3 Å². The summed E-state index contributed by atoms with van der Waals surface area (Å²) >= 11 is 0. The third kappa shape index (κ3) is 4.70. The van der Waals surface area contributed by atoms with Crippen LogP contribution >= 0.6 is 0 Å². The molecule has 0 unspecified atom stereocenters. The Hall–Kier alpha value is -4.00. The summed E-state index contributed by atoms with van der Waals surface area (Å²) < 4.78 is 0. The molecule has 3 N–H and O–H groups in total. The highest BCUT2D eigenvalue weighted by Crippen LogP contribution is 2.18. The second kappa shape index (κ2) is 9.00. The molecule has 0 atom stereocenters. The fraction of sp³-hybridized carbons (Fsp3) is 0.130. The highest BCUT2D eigenvalue weighted by atomic mass is 16.1. The van der Waals surface area contributed by atoms with E-state index in [1.807, 2.05) is 73.7 Å². The third-order valence-corrected chi connectivity index (χ3v) is 4.59. The van der Waals surface area contributed by atoms with Crippen LogP contribution in [0.5, 0.6) is 0 Å². The van der Waals surface area contributed by atoms with E-state index in [2.05, 4.69) is 31.1 Å². The van der Waals surface area contributed by atoms with Crippen molar-refractivity contribution in [2.24, 2.45) is 0 Å². The number of benzene rings is 2. The lowest BCUT2D eigenvalue weighted by Crippen LogP contribution is -2.29. The van der Waals surface area contributed by atoms with E-state index in [1.165, 1.54) is 0 Å². The summed E-state index contributed by atoms with van der Waals surface area (Å²) in [5, 5.41) is 19.5. The molecule has 0 aliphatic rings. The fourth-order valence-electron chi connectivity index (χ4n) is 3.11. The molecule has 30 heavy (non-hydrogen) atoms. The molecule has 4 aromatic rings. The molecule has 0 aliphatic carbocycles. The number of anilines is 3. The Bertz CT molecular complexity index is 1150. The number of carbonyl (C=O) groups excluding carboxylic acids is 1. The van der Waals surface area contributed by atoms with Crippen LogP contribution in [0.4, 0.5) is 17.5 Å². The maximum atomic E-state index is 12.5. The molecular formula is C23H22N6O. The second-order valence-corrected chi connectivity index (χ2v) is 6.86. The highest BCUT2D eigenvalue weighted by molar-refractivity contribution is 6.07. The molecule has 0 radical (unpaired) electrons. The van der Waals surface area contributed by atoms with Crippen molar-refractivity contribution in [1.29, 1.82) is 0 Å². The summed E-state index contributed by atoms with van der Waals surface area (Å²) in [5.74, 6) is 1.88. The number of fused-ring (bicyclic) bond motifs is 1. The Morgan fingerprint density at radius 3 is 2.50 bits per heavy atom. The molecule has 2 heterocycles. The summed E-state index contributed by atoms with van der Waals surface area (Å²) in [4.78, 5) is 16.8. The molecule has 150 valence electrons. The molecule has 0 fully saturated rings. The topological polar surface area (TPSA) is 91.8 Å². The van der Waals surface area contributed by atoms with Gasteiger partial charge in [0.05, 0.1) is 0 Å². The predicted octanol–water partition coefficient (Wildman–Crippen LogP) is 3.92. The van der Waals surface area contributed by atoms with E-state index in [-0.39, 0.29) is 5.91 Å². The lowest BCUT2D eigenvalue weighted by Gasteiger charge is -2.09. The smallest absolute Gasteiger partial charge is 0.251 e. The zero-order chi connectivity index (χ0) is 20.8. The zero-order valence-electron chi connectivity index (χ0n) is 16.6. The summed E-state index contributed by atoms with van der Waals surface area (Å²) in [5.41, 5.74) is 1.79. The van der Waals surface area contributed by atoms with Crippen molar-refractivity contribution in [2.45, 2.75) is 6.92 Å². The molecule has 7 heteroatoms. The van der Waals surface area contributed by atoms with Crippen LogP contribution in [-0.2, 0) is 0 Å². The van der Waals surface area contributed by atoms with Crippen LogP contribution in [0.25, 0.3) is 10.8 Å². The molecule has 7 nitrogen and oxygen atoms in total. The number of nitrogens with one attached hydrogen (secondary N) is 3. The number of pyridine rings is 1. The predicted molar refractivity (Wildman–Crippen MR) is 119 cm³/mol. The van der Waals surface area contributed by atoms with Gasteiger partial charge in [0.25, 0.3) is 5.91 Å². The largest absolute Gasteiger partial charge is 0.367 e. The Balaban J connectivity index is 1.27. The number of aromatic nitrogens is 3. The van der Waals surface area contributed by atoms with Gasteiger partial charge in [0, 0.05) is 24.8 Å². The van der Waals surface area contributed by atoms with Gasteiger partial charge in [-0.1, -0.05) is 36.4 Å².